The van der Waals surface area contributed by atoms with Crippen LogP contribution in [-0.2, 0) is 11.0 Å². The largest absolute Gasteiger partial charge is 0.472 e. The van der Waals surface area contributed by atoms with Crippen molar-refractivity contribution in [2.75, 3.05) is 38.1 Å². The lowest BCUT2D eigenvalue weighted by atomic mass is 9.70. The molecule has 0 radical (unpaired) electrons. The zero-order valence-corrected chi connectivity index (χ0v) is 18.0. The summed E-state index contributed by atoms with van der Waals surface area (Å²) >= 11 is 0. The maximum Gasteiger partial charge on any atom is 0.417 e. The summed E-state index contributed by atoms with van der Waals surface area (Å²) in [5.41, 5.74) is -1.03. The quantitative estimate of drug-likeness (QED) is 0.760. The predicted molar refractivity (Wildman–Crippen MR) is 112 cm³/mol. The van der Waals surface area contributed by atoms with E-state index >= 15 is 0 Å². The molecule has 7 nitrogen and oxygen atoms in total. The standard InChI is InChI=1S/C23H23F3N4O3/c1-28-20(31)19-12-30(21(32)16-4-9-33-13-16)14-22(19)5-7-29(8-6-22)17-3-2-15(11-27)18(10-17)23(24,25)26/h2-4,9-10,13,19H,5-8,12,14H2,1H3,(H,28,31). The van der Waals surface area contributed by atoms with Crippen LogP contribution >= 0.6 is 0 Å². The van der Waals surface area contributed by atoms with E-state index in [1.165, 1.54) is 24.7 Å². The zero-order valence-electron chi connectivity index (χ0n) is 18.0. The maximum absolute atomic E-state index is 13.4. The number of piperidine rings is 1. The van der Waals surface area contributed by atoms with Crippen LogP contribution in [0.1, 0.15) is 34.3 Å². The minimum atomic E-state index is -4.62. The summed E-state index contributed by atoms with van der Waals surface area (Å²) in [6, 6.07) is 6.89. The second kappa shape index (κ2) is 8.46. The Labute approximate surface area is 188 Å². The number of amides is 2. The van der Waals surface area contributed by atoms with E-state index < -0.39 is 28.6 Å². The highest BCUT2D eigenvalue weighted by atomic mass is 19.4. The van der Waals surface area contributed by atoms with Crippen LogP contribution < -0.4 is 10.2 Å². The topological polar surface area (TPSA) is 89.6 Å². The monoisotopic (exact) mass is 460 g/mol. The molecule has 3 heterocycles. The van der Waals surface area contributed by atoms with Gasteiger partial charge in [0.25, 0.3) is 5.91 Å². The van der Waals surface area contributed by atoms with Gasteiger partial charge in [0.15, 0.2) is 0 Å². The third-order valence-electron chi connectivity index (χ3n) is 6.82. The molecule has 2 aliphatic heterocycles. The third-order valence-corrected chi connectivity index (χ3v) is 6.82. The molecule has 174 valence electrons. The average molecular weight is 460 g/mol. The van der Waals surface area contributed by atoms with Crippen molar-refractivity contribution < 1.29 is 27.2 Å². The number of carbonyl (C=O) groups excluding carboxylic acids is 2. The molecule has 1 aromatic carbocycles. The van der Waals surface area contributed by atoms with Crippen LogP contribution in [0.2, 0.25) is 0 Å². The van der Waals surface area contributed by atoms with E-state index in [2.05, 4.69) is 5.32 Å². The number of hydrogen-bond donors (Lipinski definition) is 1. The smallest absolute Gasteiger partial charge is 0.417 e. The van der Waals surface area contributed by atoms with Crippen molar-refractivity contribution in [3.05, 3.63) is 53.5 Å². The number of furan rings is 1. The van der Waals surface area contributed by atoms with Gasteiger partial charge in [-0.3, -0.25) is 9.59 Å². The van der Waals surface area contributed by atoms with Gasteiger partial charge in [0.05, 0.1) is 34.9 Å². The maximum atomic E-state index is 13.4. The first-order valence-corrected chi connectivity index (χ1v) is 10.6. The Bertz CT molecular complexity index is 1080. The molecular formula is C23H23F3N4O3. The van der Waals surface area contributed by atoms with Gasteiger partial charge in [-0.25, -0.2) is 0 Å². The van der Waals surface area contributed by atoms with Crippen LogP contribution in [0.4, 0.5) is 18.9 Å². The molecule has 1 N–H and O–H groups in total. The second-order valence-electron chi connectivity index (χ2n) is 8.55. The average Bonchev–Trinajstić information content (AvgIpc) is 3.47. The van der Waals surface area contributed by atoms with Gasteiger partial charge in [0, 0.05) is 44.3 Å². The van der Waals surface area contributed by atoms with Gasteiger partial charge in [0.2, 0.25) is 5.91 Å². The molecule has 0 bridgehead atoms. The number of benzene rings is 1. The lowest BCUT2D eigenvalue weighted by molar-refractivity contribution is -0.137. The molecule has 0 aliphatic carbocycles. The molecular weight excluding hydrogens is 437 g/mol. The Morgan fingerprint density at radius 2 is 1.97 bits per heavy atom. The summed E-state index contributed by atoms with van der Waals surface area (Å²) in [6.07, 6.45) is -0.750. The normalized spacial score (nSPS) is 20.0. The highest BCUT2D eigenvalue weighted by molar-refractivity contribution is 5.95. The molecule has 2 aliphatic rings. The summed E-state index contributed by atoms with van der Waals surface area (Å²) in [6.45, 7) is 1.54. The number of nitriles is 1. The Hall–Kier alpha value is -3.48. The lowest BCUT2D eigenvalue weighted by Crippen LogP contribution is -2.48. The van der Waals surface area contributed by atoms with Gasteiger partial charge < -0.3 is 19.5 Å². The van der Waals surface area contributed by atoms with E-state index in [0.29, 0.717) is 43.7 Å². The molecule has 1 unspecified atom stereocenters. The Morgan fingerprint density at radius 3 is 2.55 bits per heavy atom. The summed E-state index contributed by atoms with van der Waals surface area (Å²) in [4.78, 5) is 29.0. The molecule has 2 fully saturated rings. The molecule has 1 atom stereocenters. The molecule has 1 aromatic heterocycles. The van der Waals surface area contributed by atoms with Crippen molar-refractivity contribution >= 4 is 17.5 Å². The Kier molecular flexibility index (Phi) is 5.82. The van der Waals surface area contributed by atoms with E-state index in [1.54, 1.807) is 24.1 Å². The molecule has 2 aromatic rings. The van der Waals surface area contributed by atoms with Gasteiger partial charge in [-0.15, -0.1) is 0 Å². The fraction of sp³-hybridized carbons (Fsp3) is 0.435. The number of nitrogens with one attached hydrogen (secondary N) is 1. The number of hydrogen-bond acceptors (Lipinski definition) is 5. The second-order valence-corrected chi connectivity index (χ2v) is 8.55. The molecule has 4 rings (SSSR count). The first-order valence-electron chi connectivity index (χ1n) is 10.6. The highest BCUT2D eigenvalue weighted by Crippen LogP contribution is 2.46. The zero-order chi connectivity index (χ0) is 23.8. The van der Waals surface area contributed by atoms with Crippen molar-refractivity contribution in [3.63, 3.8) is 0 Å². The molecule has 1 spiro atoms. The first-order chi connectivity index (χ1) is 15.7. The van der Waals surface area contributed by atoms with Crippen LogP contribution in [0, 0.1) is 22.7 Å². The number of rotatable bonds is 3. The van der Waals surface area contributed by atoms with E-state index in [0.717, 1.165) is 6.07 Å². The predicted octanol–water partition coefficient (Wildman–Crippen LogP) is 3.27. The summed E-state index contributed by atoms with van der Waals surface area (Å²) in [5.74, 6) is -0.769. The van der Waals surface area contributed by atoms with Crippen molar-refractivity contribution in [1.29, 1.82) is 5.26 Å². The van der Waals surface area contributed by atoms with Crippen molar-refractivity contribution in [2.24, 2.45) is 11.3 Å². The van der Waals surface area contributed by atoms with Crippen LogP contribution in [0.15, 0.2) is 41.2 Å². The molecule has 0 saturated carbocycles. The van der Waals surface area contributed by atoms with E-state index in [9.17, 15) is 22.8 Å². The van der Waals surface area contributed by atoms with Crippen LogP contribution in [0.3, 0.4) is 0 Å². The fourth-order valence-corrected chi connectivity index (χ4v) is 5.01. The van der Waals surface area contributed by atoms with Gasteiger partial charge in [-0.2, -0.15) is 18.4 Å². The third kappa shape index (κ3) is 4.15. The summed E-state index contributed by atoms with van der Waals surface area (Å²) < 4.78 is 45.1. The molecule has 2 saturated heterocycles. The van der Waals surface area contributed by atoms with Crippen molar-refractivity contribution in [2.45, 2.75) is 19.0 Å². The van der Waals surface area contributed by atoms with Gasteiger partial charge in [-0.1, -0.05) is 0 Å². The van der Waals surface area contributed by atoms with Gasteiger partial charge in [-0.05, 0) is 37.1 Å². The summed E-state index contributed by atoms with van der Waals surface area (Å²) in [5, 5.41) is 11.7. The minimum absolute atomic E-state index is 0.149. The van der Waals surface area contributed by atoms with Gasteiger partial charge in [0.1, 0.15) is 6.26 Å². The molecule has 33 heavy (non-hydrogen) atoms. The lowest BCUT2D eigenvalue weighted by Gasteiger charge is -2.43. The number of nitrogens with zero attached hydrogens (tertiary/aromatic N) is 3. The Balaban J connectivity index is 1.55. The van der Waals surface area contributed by atoms with Crippen molar-refractivity contribution in [3.8, 4) is 6.07 Å². The van der Waals surface area contributed by atoms with Crippen LogP contribution in [0.5, 0.6) is 0 Å². The number of anilines is 1. The Morgan fingerprint density at radius 1 is 1.24 bits per heavy atom. The molecule has 2 amide bonds. The van der Waals surface area contributed by atoms with E-state index in [-0.39, 0.29) is 18.4 Å². The van der Waals surface area contributed by atoms with E-state index in [1.807, 2.05) is 4.90 Å². The minimum Gasteiger partial charge on any atom is -0.472 e. The van der Waals surface area contributed by atoms with Crippen molar-refractivity contribution in [1.82, 2.24) is 10.2 Å². The number of alkyl halides is 3. The van der Waals surface area contributed by atoms with Crippen LogP contribution in [0.25, 0.3) is 0 Å². The number of likely N-dealkylation sites (tertiary alicyclic amines) is 1. The summed E-state index contributed by atoms with van der Waals surface area (Å²) in [7, 11) is 1.56. The van der Waals surface area contributed by atoms with Gasteiger partial charge >= 0.3 is 6.18 Å². The highest BCUT2D eigenvalue weighted by Gasteiger charge is 2.52. The first kappa shape index (κ1) is 22.7. The fourth-order valence-electron chi connectivity index (χ4n) is 5.01. The van der Waals surface area contributed by atoms with Crippen LogP contribution in [-0.4, -0.2) is 49.9 Å². The molecule has 10 heteroatoms. The SMILES string of the molecule is CNC(=O)C1CN(C(=O)c2ccoc2)CC12CCN(c1ccc(C#N)c(C(F)(F)F)c1)CC2. The number of carbonyl (C=O) groups is 2. The van der Waals surface area contributed by atoms with E-state index in [4.69, 9.17) is 9.68 Å². The number of halogens is 3.